The van der Waals surface area contributed by atoms with Gasteiger partial charge in [-0.05, 0) is 49.7 Å². The minimum Gasteiger partial charge on any atom is -0.399 e. The molecule has 0 unspecified atom stereocenters. The number of anilines is 1. The number of imidazole rings is 1. The average Bonchev–Trinajstić information content (AvgIpc) is 2.68. The molecular formula is C15H14ClN3. The van der Waals surface area contributed by atoms with Crippen LogP contribution in [0.2, 0.25) is 5.02 Å². The van der Waals surface area contributed by atoms with Crippen LogP contribution >= 0.6 is 11.6 Å². The molecule has 0 atom stereocenters. The number of hydrogen-bond donors (Lipinski definition) is 1. The number of rotatable bonds is 1. The Hall–Kier alpha value is -2.00. The lowest BCUT2D eigenvalue weighted by molar-refractivity contribution is 0.990. The van der Waals surface area contributed by atoms with Crippen LogP contribution in [-0.2, 0) is 0 Å². The fraction of sp³-hybridized carbons (Fsp3) is 0.133. The molecule has 3 nitrogen and oxygen atoms in total. The highest BCUT2D eigenvalue weighted by Gasteiger charge is 2.12. The van der Waals surface area contributed by atoms with Crippen molar-refractivity contribution in [2.45, 2.75) is 13.8 Å². The first-order valence-corrected chi connectivity index (χ1v) is 6.46. The number of aromatic nitrogens is 2. The summed E-state index contributed by atoms with van der Waals surface area (Å²) in [7, 11) is 0. The van der Waals surface area contributed by atoms with Crippen molar-refractivity contribution in [2.24, 2.45) is 0 Å². The summed E-state index contributed by atoms with van der Waals surface area (Å²) in [5.74, 6) is 0.922. The smallest absolute Gasteiger partial charge is 0.111 e. The van der Waals surface area contributed by atoms with Crippen LogP contribution in [0.25, 0.3) is 16.7 Å². The second-order valence-electron chi connectivity index (χ2n) is 4.63. The first-order chi connectivity index (χ1) is 9.08. The maximum absolute atomic E-state index is 6.21. The third-order valence-electron chi connectivity index (χ3n) is 3.33. The van der Waals surface area contributed by atoms with Crippen LogP contribution in [0.15, 0.2) is 36.4 Å². The molecule has 3 rings (SSSR count). The molecule has 0 aliphatic carbocycles. The van der Waals surface area contributed by atoms with E-state index in [0.717, 1.165) is 38.8 Å². The molecule has 0 aliphatic rings. The van der Waals surface area contributed by atoms with E-state index in [2.05, 4.69) is 9.55 Å². The first-order valence-electron chi connectivity index (χ1n) is 6.08. The Morgan fingerprint density at radius 1 is 1.16 bits per heavy atom. The van der Waals surface area contributed by atoms with Crippen molar-refractivity contribution in [3.63, 3.8) is 0 Å². The zero-order chi connectivity index (χ0) is 13.6. The molecule has 0 fully saturated rings. The van der Waals surface area contributed by atoms with Gasteiger partial charge in [0.05, 0.1) is 16.7 Å². The fourth-order valence-corrected chi connectivity index (χ4v) is 2.53. The summed E-state index contributed by atoms with van der Waals surface area (Å²) in [6.07, 6.45) is 0. The van der Waals surface area contributed by atoms with Crippen molar-refractivity contribution in [1.82, 2.24) is 9.55 Å². The van der Waals surface area contributed by atoms with Crippen molar-refractivity contribution < 1.29 is 0 Å². The average molecular weight is 272 g/mol. The zero-order valence-electron chi connectivity index (χ0n) is 10.8. The number of fused-ring (bicyclic) bond motifs is 1. The molecule has 0 aliphatic heterocycles. The number of halogens is 1. The second kappa shape index (κ2) is 4.28. The second-order valence-corrected chi connectivity index (χ2v) is 5.03. The highest BCUT2D eigenvalue weighted by molar-refractivity contribution is 6.31. The molecule has 0 spiro atoms. The lowest BCUT2D eigenvalue weighted by atomic mass is 10.2. The number of hydrogen-bond acceptors (Lipinski definition) is 2. The Balaban J connectivity index is 2.36. The van der Waals surface area contributed by atoms with E-state index in [0.29, 0.717) is 0 Å². The molecule has 0 bridgehead atoms. The molecule has 0 saturated heterocycles. The van der Waals surface area contributed by atoms with Gasteiger partial charge in [0.15, 0.2) is 0 Å². The first kappa shape index (κ1) is 12.1. The van der Waals surface area contributed by atoms with E-state index in [1.807, 2.05) is 50.2 Å². The minimum absolute atomic E-state index is 0.722. The Morgan fingerprint density at radius 3 is 2.74 bits per heavy atom. The van der Waals surface area contributed by atoms with Gasteiger partial charge >= 0.3 is 0 Å². The summed E-state index contributed by atoms with van der Waals surface area (Å²) >= 11 is 6.21. The van der Waals surface area contributed by atoms with Crippen molar-refractivity contribution in [2.75, 3.05) is 5.73 Å². The molecule has 0 saturated carbocycles. The van der Waals surface area contributed by atoms with Crippen molar-refractivity contribution in [3.8, 4) is 5.69 Å². The Morgan fingerprint density at radius 2 is 1.95 bits per heavy atom. The van der Waals surface area contributed by atoms with E-state index < -0.39 is 0 Å². The van der Waals surface area contributed by atoms with Crippen molar-refractivity contribution in [1.29, 1.82) is 0 Å². The number of nitrogens with zero attached hydrogens (tertiary/aromatic N) is 2. The highest BCUT2D eigenvalue weighted by atomic mass is 35.5. The highest BCUT2D eigenvalue weighted by Crippen LogP contribution is 2.28. The predicted molar refractivity (Wildman–Crippen MR) is 80.0 cm³/mol. The normalized spacial score (nSPS) is 11.1. The molecule has 1 aromatic heterocycles. The summed E-state index contributed by atoms with van der Waals surface area (Å²) in [6, 6.07) is 11.7. The quantitative estimate of drug-likeness (QED) is 0.683. The van der Waals surface area contributed by atoms with E-state index in [4.69, 9.17) is 17.3 Å². The van der Waals surface area contributed by atoms with Gasteiger partial charge in [-0.1, -0.05) is 17.7 Å². The van der Waals surface area contributed by atoms with Crippen LogP contribution in [0.4, 0.5) is 5.69 Å². The van der Waals surface area contributed by atoms with Crippen LogP contribution in [0.5, 0.6) is 0 Å². The van der Waals surface area contributed by atoms with E-state index >= 15 is 0 Å². The van der Waals surface area contributed by atoms with Gasteiger partial charge in [0.2, 0.25) is 0 Å². The van der Waals surface area contributed by atoms with E-state index in [1.54, 1.807) is 0 Å². The largest absolute Gasteiger partial charge is 0.399 e. The number of nitrogen functional groups attached to an aromatic ring is 1. The number of benzene rings is 2. The molecule has 1 heterocycles. The van der Waals surface area contributed by atoms with E-state index in [-0.39, 0.29) is 0 Å². The topological polar surface area (TPSA) is 43.8 Å². The third kappa shape index (κ3) is 1.87. The number of nitrogens with two attached hydrogens (primary N) is 1. The molecule has 19 heavy (non-hydrogen) atoms. The molecule has 0 radical (unpaired) electrons. The van der Waals surface area contributed by atoms with E-state index in [9.17, 15) is 0 Å². The molecule has 3 aromatic rings. The minimum atomic E-state index is 0.722. The molecular weight excluding hydrogens is 258 g/mol. The van der Waals surface area contributed by atoms with Crippen LogP contribution in [-0.4, -0.2) is 9.55 Å². The zero-order valence-corrected chi connectivity index (χ0v) is 11.6. The van der Waals surface area contributed by atoms with Crippen molar-refractivity contribution in [3.05, 3.63) is 52.8 Å². The van der Waals surface area contributed by atoms with Gasteiger partial charge in [0.1, 0.15) is 5.82 Å². The standard InChI is InChI=1S/C15H14ClN3/c1-9-12(16)4-3-5-14(9)19-10(2)18-13-8-11(17)6-7-15(13)19/h3-8H,17H2,1-2H3. The maximum atomic E-state index is 6.21. The maximum Gasteiger partial charge on any atom is 0.111 e. The van der Waals surface area contributed by atoms with Crippen LogP contribution in [0.1, 0.15) is 11.4 Å². The van der Waals surface area contributed by atoms with Gasteiger partial charge < -0.3 is 5.73 Å². The predicted octanol–water partition coefficient (Wildman–Crippen LogP) is 3.88. The molecule has 2 N–H and O–H groups in total. The van der Waals surface area contributed by atoms with Crippen LogP contribution in [0, 0.1) is 13.8 Å². The molecule has 96 valence electrons. The third-order valence-corrected chi connectivity index (χ3v) is 3.74. The van der Waals surface area contributed by atoms with Gasteiger partial charge in [0, 0.05) is 10.7 Å². The lowest BCUT2D eigenvalue weighted by Crippen LogP contribution is -1.99. The summed E-state index contributed by atoms with van der Waals surface area (Å²) in [5.41, 5.74) is 10.6. The lowest BCUT2D eigenvalue weighted by Gasteiger charge is -2.11. The van der Waals surface area contributed by atoms with E-state index in [1.165, 1.54) is 0 Å². The monoisotopic (exact) mass is 271 g/mol. The van der Waals surface area contributed by atoms with Crippen LogP contribution in [0.3, 0.4) is 0 Å². The Bertz CT molecular complexity index is 774. The van der Waals surface area contributed by atoms with Crippen molar-refractivity contribution >= 4 is 28.3 Å². The molecule has 4 heteroatoms. The summed E-state index contributed by atoms with van der Waals surface area (Å²) in [6.45, 7) is 4.00. The fourth-order valence-electron chi connectivity index (χ4n) is 2.36. The SMILES string of the molecule is Cc1c(Cl)cccc1-n1c(C)nc2cc(N)ccc21. The molecule has 0 amide bonds. The van der Waals surface area contributed by atoms with Crippen LogP contribution < -0.4 is 5.73 Å². The van der Waals surface area contributed by atoms with Gasteiger partial charge in [-0.25, -0.2) is 4.98 Å². The summed E-state index contributed by atoms with van der Waals surface area (Å²) in [5, 5.41) is 0.759. The Labute approximate surface area is 116 Å². The summed E-state index contributed by atoms with van der Waals surface area (Å²) < 4.78 is 2.11. The molecule has 2 aromatic carbocycles. The number of aryl methyl sites for hydroxylation is 1. The van der Waals surface area contributed by atoms with Gasteiger partial charge in [-0.15, -0.1) is 0 Å². The summed E-state index contributed by atoms with van der Waals surface area (Å²) in [4.78, 5) is 4.56. The van der Waals surface area contributed by atoms with Gasteiger partial charge in [0.25, 0.3) is 0 Å². The Kier molecular flexibility index (Phi) is 2.72. The van der Waals surface area contributed by atoms with Gasteiger partial charge in [-0.3, -0.25) is 4.57 Å². The van der Waals surface area contributed by atoms with Gasteiger partial charge in [-0.2, -0.15) is 0 Å².